The summed E-state index contributed by atoms with van der Waals surface area (Å²) in [5, 5.41) is 6.44. The normalized spacial score (nSPS) is 18.7. The molecule has 3 heterocycles. The van der Waals surface area contributed by atoms with E-state index in [2.05, 4.69) is 54.7 Å². The number of amides is 1. The molecule has 1 saturated heterocycles. The fraction of sp³-hybridized carbons (Fsp3) is 0.409. The minimum atomic E-state index is -0.0794. The molecule has 2 aromatic heterocycles. The fourth-order valence-electron chi connectivity index (χ4n) is 3.97. The van der Waals surface area contributed by atoms with Gasteiger partial charge in [0, 0.05) is 43.2 Å². The van der Waals surface area contributed by atoms with E-state index in [4.69, 9.17) is 0 Å². The van der Waals surface area contributed by atoms with Crippen LogP contribution in [0.4, 0.5) is 5.82 Å². The summed E-state index contributed by atoms with van der Waals surface area (Å²) in [5.74, 6) is 1.17. The molecule has 1 aliphatic carbocycles. The number of benzene rings is 1. The van der Waals surface area contributed by atoms with Crippen molar-refractivity contribution in [2.75, 3.05) is 31.1 Å². The first-order chi connectivity index (χ1) is 14.2. The highest BCUT2D eigenvalue weighted by molar-refractivity contribution is 7.17. The van der Waals surface area contributed by atoms with Crippen molar-refractivity contribution in [3.8, 4) is 11.1 Å². The number of thiophene rings is 1. The lowest BCUT2D eigenvalue weighted by molar-refractivity contribution is -0.126. The Morgan fingerprint density at radius 1 is 1.14 bits per heavy atom. The lowest BCUT2D eigenvalue weighted by atomic mass is 10.1. The lowest BCUT2D eigenvalue weighted by Crippen LogP contribution is -2.54. The zero-order chi connectivity index (χ0) is 19.8. The average molecular weight is 408 g/mol. The van der Waals surface area contributed by atoms with Crippen molar-refractivity contribution in [3.63, 3.8) is 0 Å². The van der Waals surface area contributed by atoms with E-state index in [-0.39, 0.29) is 11.9 Å². The molecule has 0 bridgehead atoms. The Bertz CT molecular complexity index is 1010. The topological polar surface area (TPSA) is 61.4 Å². The van der Waals surface area contributed by atoms with E-state index >= 15 is 0 Å². The number of piperazine rings is 1. The molecule has 29 heavy (non-hydrogen) atoms. The van der Waals surface area contributed by atoms with Gasteiger partial charge in [0.2, 0.25) is 5.91 Å². The minimum absolute atomic E-state index is 0.0794. The maximum Gasteiger partial charge on any atom is 0.237 e. The molecule has 1 unspecified atom stereocenters. The van der Waals surface area contributed by atoms with Crippen molar-refractivity contribution >= 4 is 33.3 Å². The van der Waals surface area contributed by atoms with E-state index in [1.54, 1.807) is 17.7 Å². The number of carbonyl (C=O) groups is 1. The smallest absolute Gasteiger partial charge is 0.237 e. The number of nitrogens with one attached hydrogen (secondary N) is 1. The number of anilines is 1. The first-order valence-corrected chi connectivity index (χ1v) is 11.2. The first-order valence-electron chi connectivity index (χ1n) is 10.3. The Balaban J connectivity index is 1.35. The molecule has 1 saturated carbocycles. The van der Waals surface area contributed by atoms with Gasteiger partial charge in [-0.05, 0) is 25.3 Å². The Morgan fingerprint density at radius 2 is 1.90 bits per heavy atom. The van der Waals surface area contributed by atoms with E-state index in [1.165, 1.54) is 11.1 Å². The maximum absolute atomic E-state index is 12.4. The summed E-state index contributed by atoms with van der Waals surface area (Å²) in [6, 6.07) is 10.8. The Kier molecular flexibility index (Phi) is 4.93. The third-order valence-corrected chi connectivity index (χ3v) is 6.79. The van der Waals surface area contributed by atoms with E-state index < -0.39 is 0 Å². The summed E-state index contributed by atoms with van der Waals surface area (Å²) >= 11 is 1.67. The molecular weight excluding hydrogens is 382 g/mol. The van der Waals surface area contributed by atoms with E-state index in [9.17, 15) is 4.79 Å². The van der Waals surface area contributed by atoms with Gasteiger partial charge in [0.25, 0.3) is 0 Å². The van der Waals surface area contributed by atoms with Crippen molar-refractivity contribution in [1.82, 2.24) is 20.2 Å². The molecule has 1 aromatic carbocycles. The van der Waals surface area contributed by atoms with Crippen molar-refractivity contribution < 1.29 is 4.79 Å². The molecule has 7 heteroatoms. The van der Waals surface area contributed by atoms with Gasteiger partial charge in [0.05, 0.1) is 11.4 Å². The number of rotatable bonds is 5. The maximum atomic E-state index is 12.4. The summed E-state index contributed by atoms with van der Waals surface area (Å²) in [4.78, 5) is 27.2. The third kappa shape index (κ3) is 3.72. The molecule has 1 N–H and O–H groups in total. The molecule has 6 nitrogen and oxygen atoms in total. The van der Waals surface area contributed by atoms with Crippen LogP contribution in [0.1, 0.15) is 19.8 Å². The van der Waals surface area contributed by atoms with Crippen LogP contribution in [0.15, 0.2) is 42.0 Å². The lowest BCUT2D eigenvalue weighted by Gasteiger charge is -2.38. The summed E-state index contributed by atoms with van der Waals surface area (Å²) in [6.07, 6.45) is 3.92. The summed E-state index contributed by atoms with van der Waals surface area (Å²) in [6.45, 7) is 5.45. The van der Waals surface area contributed by atoms with E-state index in [1.807, 2.05) is 13.0 Å². The van der Waals surface area contributed by atoms with Crippen LogP contribution < -0.4 is 10.2 Å². The van der Waals surface area contributed by atoms with Gasteiger partial charge >= 0.3 is 0 Å². The van der Waals surface area contributed by atoms with Crippen LogP contribution in [0, 0.1) is 0 Å². The number of hydrogen-bond donors (Lipinski definition) is 1. The molecule has 3 aromatic rings. The Morgan fingerprint density at radius 3 is 2.62 bits per heavy atom. The SMILES string of the molecule is CC(C(=O)NC1CC1)N1CCN(c2ncnc3scc(-c4ccccc4)c23)CC1. The van der Waals surface area contributed by atoms with Crippen LogP contribution in [0.25, 0.3) is 21.3 Å². The number of carbonyl (C=O) groups excluding carboxylic acids is 1. The second kappa shape index (κ2) is 7.72. The van der Waals surface area contributed by atoms with Crippen LogP contribution in [0.2, 0.25) is 0 Å². The monoisotopic (exact) mass is 407 g/mol. The molecule has 1 atom stereocenters. The molecule has 0 spiro atoms. The van der Waals surface area contributed by atoms with Crippen LogP contribution in [-0.2, 0) is 4.79 Å². The van der Waals surface area contributed by atoms with Gasteiger partial charge in [-0.3, -0.25) is 9.69 Å². The molecule has 2 fully saturated rings. The standard InChI is InChI=1S/C22H25N5OS/c1-15(21(28)25-17-7-8-17)26-9-11-27(12-10-26)20-19-18(16-5-3-2-4-6-16)13-29-22(19)24-14-23-20/h2-6,13-15,17H,7-12H2,1H3,(H,25,28). The largest absolute Gasteiger partial charge is 0.353 e. The number of hydrogen-bond acceptors (Lipinski definition) is 6. The first kappa shape index (κ1) is 18.5. The summed E-state index contributed by atoms with van der Waals surface area (Å²) < 4.78 is 0. The Labute approximate surface area is 174 Å². The Hall–Kier alpha value is -2.51. The second-order valence-electron chi connectivity index (χ2n) is 7.87. The number of fused-ring (bicyclic) bond motifs is 1. The van der Waals surface area contributed by atoms with Gasteiger partial charge in [0.15, 0.2) is 0 Å². The highest BCUT2D eigenvalue weighted by atomic mass is 32.1. The van der Waals surface area contributed by atoms with E-state index in [0.717, 1.165) is 55.1 Å². The molecule has 0 radical (unpaired) electrons. The molecule has 1 amide bonds. The third-order valence-electron chi connectivity index (χ3n) is 5.90. The zero-order valence-electron chi connectivity index (χ0n) is 16.5. The molecule has 5 rings (SSSR count). The molecular formula is C22H25N5OS. The van der Waals surface area contributed by atoms with Crippen molar-refractivity contribution in [1.29, 1.82) is 0 Å². The van der Waals surface area contributed by atoms with Crippen LogP contribution in [0.5, 0.6) is 0 Å². The second-order valence-corrected chi connectivity index (χ2v) is 8.73. The highest BCUT2D eigenvalue weighted by Gasteiger charge is 2.30. The van der Waals surface area contributed by atoms with Crippen molar-refractivity contribution in [3.05, 3.63) is 42.0 Å². The van der Waals surface area contributed by atoms with Gasteiger partial charge in [-0.25, -0.2) is 9.97 Å². The zero-order valence-corrected chi connectivity index (χ0v) is 17.4. The van der Waals surface area contributed by atoms with E-state index in [0.29, 0.717) is 6.04 Å². The number of aromatic nitrogens is 2. The van der Waals surface area contributed by atoms with Crippen molar-refractivity contribution in [2.24, 2.45) is 0 Å². The van der Waals surface area contributed by atoms with Crippen LogP contribution in [0.3, 0.4) is 0 Å². The number of nitrogens with zero attached hydrogens (tertiary/aromatic N) is 4. The average Bonchev–Trinajstić information content (AvgIpc) is 3.48. The van der Waals surface area contributed by atoms with Gasteiger partial charge < -0.3 is 10.2 Å². The minimum Gasteiger partial charge on any atom is -0.353 e. The molecule has 2 aliphatic rings. The predicted octanol–water partition coefficient (Wildman–Crippen LogP) is 3.15. The molecule has 150 valence electrons. The predicted molar refractivity (Wildman–Crippen MR) is 117 cm³/mol. The summed E-state index contributed by atoms with van der Waals surface area (Å²) in [5.41, 5.74) is 2.39. The fourth-order valence-corrected chi connectivity index (χ4v) is 4.88. The quantitative estimate of drug-likeness (QED) is 0.704. The molecule has 1 aliphatic heterocycles. The van der Waals surface area contributed by atoms with Gasteiger partial charge in [0.1, 0.15) is 17.0 Å². The van der Waals surface area contributed by atoms with Gasteiger partial charge in [-0.1, -0.05) is 30.3 Å². The van der Waals surface area contributed by atoms with Gasteiger partial charge in [-0.15, -0.1) is 11.3 Å². The van der Waals surface area contributed by atoms with Gasteiger partial charge in [-0.2, -0.15) is 0 Å². The van der Waals surface area contributed by atoms with Crippen LogP contribution >= 0.6 is 11.3 Å². The summed E-state index contributed by atoms with van der Waals surface area (Å²) in [7, 11) is 0. The van der Waals surface area contributed by atoms with Crippen molar-refractivity contribution in [2.45, 2.75) is 31.8 Å². The highest BCUT2D eigenvalue weighted by Crippen LogP contribution is 2.38. The van der Waals surface area contributed by atoms with Crippen LogP contribution in [-0.4, -0.2) is 59.0 Å².